The van der Waals surface area contributed by atoms with E-state index in [1.54, 1.807) is 6.26 Å². The maximum Gasteiger partial charge on any atom is 0.230 e. The van der Waals surface area contributed by atoms with Gasteiger partial charge in [0.1, 0.15) is 5.76 Å². The summed E-state index contributed by atoms with van der Waals surface area (Å²) in [4.78, 5) is 15.4. The molecule has 132 valence electrons. The van der Waals surface area contributed by atoms with Crippen LogP contribution in [0.1, 0.15) is 49.5 Å². The Morgan fingerprint density at radius 2 is 1.84 bits per heavy atom. The Kier molecular flexibility index (Phi) is 4.62. The van der Waals surface area contributed by atoms with Gasteiger partial charge in [0, 0.05) is 6.54 Å². The molecule has 25 heavy (non-hydrogen) atoms. The van der Waals surface area contributed by atoms with Crippen molar-refractivity contribution in [2.45, 2.75) is 43.6 Å². The second-order valence-electron chi connectivity index (χ2n) is 7.29. The molecule has 1 aliphatic heterocycles. The SMILES string of the molecule is O=C(NC[C@H](c1ccco1)N1CCCCC1)C1(c2ccccc2)CC1. The number of carbonyl (C=O) groups excluding carboxylic acids is 1. The highest BCUT2D eigenvalue weighted by atomic mass is 16.3. The highest BCUT2D eigenvalue weighted by molar-refractivity contribution is 5.91. The normalized spacial score (nSPS) is 20.8. The van der Waals surface area contributed by atoms with E-state index >= 15 is 0 Å². The summed E-state index contributed by atoms with van der Waals surface area (Å²) in [6.07, 6.45) is 7.35. The zero-order valence-electron chi connectivity index (χ0n) is 14.6. The molecule has 1 aromatic carbocycles. The van der Waals surface area contributed by atoms with Gasteiger partial charge in [-0.1, -0.05) is 36.8 Å². The average molecular weight is 338 g/mol. The van der Waals surface area contributed by atoms with Gasteiger partial charge in [-0.25, -0.2) is 0 Å². The zero-order valence-corrected chi connectivity index (χ0v) is 14.6. The molecule has 4 rings (SSSR count). The Bertz CT molecular complexity index is 686. The maximum absolute atomic E-state index is 12.9. The van der Waals surface area contributed by atoms with E-state index in [4.69, 9.17) is 4.42 Å². The van der Waals surface area contributed by atoms with E-state index in [9.17, 15) is 4.79 Å². The van der Waals surface area contributed by atoms with Crippen molar-refractivity contribution in [1.82, 2.24) is 10.2 Å². The van der Waals surface area contributed by atoms with Crippen molar-refractivity contribution in [3.63, 3.8) is 0 Å². The average Bonchev–Trinajstić information content (AvgIpc) is 3.32. The molecule has 1 atom stereocenters. The predicted molar refractivity (Wildman–Crippen MR) is 97.2 cm³/mol. The molecule has 1 saturated carbocycles. The van der Waals surface area contributed by atoms with Crippen LogP contribution in [0.15, 0.2) is 53.1 Å². The summed E-state index contributed by atoms with van der Waals surface area (Å²) in [7, 11) is 0. The van der Waals surface area contributed by atoms with Crippen LogP contribution in [0, 0.1) is 0 Å². The number of nitrogens with zero attached hydrogens (tertiary/aromatic N) is 1. The lowest BCUT2D eigenvalue weighted by atomic mass is 9.95. The third-order valence-corrected chi connectivity index (χ3v) is 5.67. The van der Waals surface area contributed by atoms with Gasteiger partial charge in [-0.05, 0) is 56.5 Å². The zero-order chi connectivity index (χ0) is 17.1. The lowest BCUT2D eigenvalue weighted by molar-refractivity contribution is -0.123. The number of hydrogen-bond acceptors (Lipinski definition) is 3. The monoisotopic (exact) mass is 338 g/mol. The number of piperidine rings is 1. The molecule has 0 spiro atoms. The topological polar surface area (TPSA) is 45.5 Å². The fourth-order valence-electron chi connectivity index (χ4n) is 4.01. The Morgan fingerprint density at radius 1 is 1.08 bits per heavy atom. The quantitative estimate of drug-likeness (QED) is 0.874. The van der Waals surface area contributed by atoms with Gasteiger partial charge >= 0.3 is 0 Å². The summed E-state index contributed by atoms with van der Waals surface area (Å²) < 4.78 is 5.67. The van der Waals surface area contributed by atoms with Gasteiger partial charge in [-0.15, -0.1) is 0 Å². The summed E-state index contributed by atoms with van der Waals surface area (Å²) in [5.74, 6) is 1.11. The van der Waals surface area contributed by atoms with Gasteiger partial charge in [0.05, 0.1) is 17.7 Å². The molecule has 4 nitrogen and oxygen atoms in total. The third-order valence-electron chi connectivity index (χ3n) is 5.67. The number of rotatable bonds is 6. The maximum atomic E-state index is 12.9. The van der Waals surface area contributed by atoms with Crippen molar-refractivity contribution in [2.75, 3.05) is 19.6 Å². The van der Waals surface area contributed by atoms with Crippen molar-refractivity contribution < 1.29 is 9.21 Å². The van der Waals surface area contributed by atoms with Crippen LogP contribution < -0.4 is 5.32 Å². The van der Waals surface area contributed by atoms with Gasteiger partial charge in [0.2, 0.25) is 5.91 Å². The number of likely N-dealkylation sites (tertiary alicyclic amines) is 1. The highest BCUT2D eigenvalue weighted by Gasteiger charge is 2.51. The number of hydrogen-bond donors (Lipinski definition) is 1. The molecule has 0 radical (unpaired) electrons. The molecular weight excluding hydrogens is 312 g/mol. The number of furan rings is 1. The lowest BCUT2D eigenvalue weighted by Gasteiger charge is -2.33. The van der Waals surface area contributed by atoms with Crippen molar-refractivity contribution in [1.29, 1.82) is 0 Å². The van der Waals surface area contributed by atoms with Crippen LogP contribution >= 0.6 is 0 Å². The molecule has 1 aliphatic carbocycles. The summed E-state index contributed by atoms with van der Waals surface area (Å²) in [5.41, 5.74) is 0.830. The van der Waals surface area contributed by atoms with Crippen molar-refractivity contribution >= 4 is 5.91 Å². The first-order valence-corrected chi connectivity index (χ1v) is 9.41. The first-order chi connectivity index (χ1) is 12.3. The van der Waals surface area contributed by atoms with Gasteiger partial charge in [-0.3, -0.25) is 9.69 Å². The molecule has 2 heterocycles. The largest absolute Gasteiger partial charge is 0.468 e. The summed E-state index contributed by atoms with van der Waals surface area (Å²) in [6, 6.07) is 14.3. The number of nitrogens with one attached hydrogen (secondary N) is 1. The number of carbonyl (C=O) groups is 1. The van der Waals surface area contributed by atoms with E-state index in [1.807, 2.05) is 30.3 Å². The molecule has 1 aromatic heterocycles. The van der Waals surface area contributed by atoms with E-state index in [1.165, 1.54) is 19.3 Å². The minimum Gasteiger partial charge on any atom is -0.468 e. The van der Waals surface area contributed by atoms with Crippen LogP contribution in [0.5, 0.6) is 0 Å². The second-order valence-corrected chi connectivity index (χ2v) is 7.29. The number of benzene rings is 1. The summed E-state index contributed by atoms with van der Waals surface area (Å²) in [6.45, 7) is 2.76. The molecule has 4 heteroatoms. The summed E-state index contributed by atoms with van der Waals surface area (Å²) >= 11 is 0. The molecule has 1 saturated heterocycles. The molecule has 2 fully saturated rings. The van der Waals surface area contributed by atoms with E-state index in [-0.39, 0.29) is 17.4 Å². The van der Waals surface area contributed by atoms with E-state index in [0.717, 1.165) is 37.3 Å². The lowest BCUT2D eigenvalue weighted by Crippen LogP contribution is -2.43. The Balaban J connectivity index is 1.45. The molecule has 2 aromatic rings. The van der Waals surface area contributed by atoms with Crippen molar-refractivity contribution in [3.8, 4) is 0 Å². The van der Waals surface area contributed by atoms with Crippen molar-refractivity contribution in [3.05, 3.63) is 60.1 Å². The first kappa shape index (κ1) is 16.4. The Labute approximate surface area is 149 Å². The molecule has 1 N–H and O–H groups in total. The van der Waals surface area contributed by atoms with Crippen LogP contribution in [0.25, 0.3) is 0 Å². The minimum absolute atomic E-state index is 0.130. The van der Waals surface area contributed by atoms with E-state index in [2.05, 4.69) is 22.3 Å². The number of amides is 1. The van der Waals surface area contributed by atoms with Crippen LogP contribution in [0.4, 0.5) is 0 Å². The van der Waals surface area contributed by atoms with E-state index < -0.39 is 0 Å². The van der Waals surface area contributed by atoms with E-state index in [0.29, 0.717) is 6.54 Å². The predicted octanol–water partition coefficient (Wildman–Crippen LogP) is 3.65. The molecular formula is C21H26N2O2. The smallest absolute Gasteiger partial charge is 0.230 e. The summed E-state index contributed by atoms with van der Waals surface area (Å²) in [5, 5.41) is 3.23. The Morgan fingerprint density at radius 3 is 2.48 bits per heavy atom. The minimum atomic E-state index is -0.309. The second kappa shape index (κ2) is 7.04. The molecule has 0 unspecified atom stereocenters. The van der Waals surface area contributed by atoms with Gasteiger partial charge in [-0.2, -0.15) is 0 Å². The Hall–Kier alpha value is -2.07. The fourth-order valence-corrected chi connectivity index (χ4v) is 4.01. The standard InChI is InChI=1S/C21H26N2O2/c24-20(21(11-12-21)17-8-3-1-4-9-17)22-16-18(19-10-7-15-25-19)23-13-5-2-6-14-23/h1,3-4,7-10,15,18H,2,5-6,11-14,16H2,(H,22,24)/t18-/m1/s1. The molecule has 2 aliphatic rings. The fraction of sp³-hybridized carbons (Fsp3) is 0.476. The van der Waals surface area contributed by atoms with Crippen molar-refractivity contribution in [2.24, 2.45) is 0 Å². The first-order valence-electron chi connectivity index (χ1n) is 9.41. The van der Waals surface area contributed by atoms with Crippen LogP contribution in [-0.4, -0.2) is 30.4 Å². The molecule has 0 bridgehead atoms. The van der Waals surface area contributed by atoms with Gasteiger partial charge < -0.3 is 9.73 Å². The third kappa shape index (κ3) is 3.36. The van der Waals surface area contributed by atoms with Gasteiger partial charge in [0.25, 0.3) is 0 Å². The van der Waals surface area contributed by atoms with Crippen LogP contribution in [-0.2, 0) is 10.2 Å². The molecule has 1 amide bonds. The van der Waals surface area contributed by atoms with Crippen LogP contribution in [0.3, 0.4) is 0 Å². The highest BCUT2D eigenvalue weighted by Crippen LogP contribution is 2.48. The van der Waals surface area contributed by atoms with Gasteiger partial charge in [0.15, 0.2) is 0 Å². The van der Waals surface area contributed by atoms with Crippen LogP contribution in [0.2, 0.25) is 0 Å².